The summed E-state index contributed by atoms with van der Waals surface area (Å²) in [6, 6.07) is 13.1. The van der Waals surface area contributed by atoms with Gasteiger partial charge >= 0.3 is 0 Å². The summed E-state index contributed by atoms with van der Waals surface area (Å²) in [6.45, 7) is 6.26. The molecule has 1 aromatic heterocycles. The molecule has 2 aromatic rings. The molecule has 184 valence electrons. The maximum absolute atomic E-state index is 6.91. The van der Waals surface area contributed by atoms with E-state index in [-0.39, 0.29) is 17.1 Å². The Balaban J connectivity index is 1.13. The molecule has 5 nitrogen and oxygen atoms in total. The first-order valence-corrected chi connectivity index (χ1v) is 13.4. The fourth-order valence-corrected chi connectivity index (χ4v) is 6.57. The van der Waals surface area contributed by atoms with Crippen LogP contribution < -0.4 is 4.90 Å². The number of anilines is 1. The molecule has 0 radical (unpaired) electrons. The fourth-order valence-electron chi connectivity index (χ4n) is 5.90. The van der Waals surface area contributed by atoms with Crippen LogP contribution >= 0.6 is 23.2 Å². The minimum Gasteiger partial charge on any atom is -0.378 e. The third-order valence-electron chi connectivity index (χ3n) is 7.74. The van der Waals surface area contributed by atoms with E-state index in [4.69, 9.17) is 37.7 Å². The van der Waals surface area contributed by atoms with E-state index in [2.05, 4.69) is 46.2 Å². The number of hydrogen-bond acceptors (Lipinski definition) is 5. The van der Waals surface area contributed by atoms with E-state index in [9.17, 15) is 0 Å². The summed E-state index contributed by atoms with van der Waals surface area (Å²) in [5.74, 6) is 0. The Labute approximate surface area is 217 Å². The van der Waals surface area contributed by atoms with Crippen molar-refractivity contribution in [3.63, 3.8) is 0 Å². The summed E-state index contributed by atoms with van der Waals surface area (Å²) >= 11 is 12.8. The predicted octanol–water partition coefficient (Wildman–Crippen LogP) is 5.54. The van der Waals surface area contributed by atoms with Crippen molar-refractivity contribution in [1.82, 2.24) is 9.88 Å². The van der Waals surface area contributed by atoms with Crippen LogP contribution in [0.15, 0.2) is 65.4 Å². The van der Waals surface area contributed by atoms with Gasteiger partial charge in [-0.2, -0.15) is 0 Å². The lowest BCUT2D eigenvalue weighted by molar-refractivity contribution is -0.0997. The van der Waals surface area contributed by atoms with Gasteiger partial charge in [0, 0.05) is 37.8 Å². The van der Waals surface area contributed by atoms with E-state index >= 15 is 0 Å². The fraction of sp³-hybridized carbons (Fsp3) is 0.464. The molecular weight excluding hydrogens is 481 g/mol. The molecule has 0 N–H and O–H groups in total. The molecule has 2 atom stereocenters. The van der Waals surface area contributed by atoms with Crippen LogP contribution in [0, 0.1) is 0 Å². The van der Waals surface area contributed by atoms with E-state index in [1.54, 1.807) is 0 Å². The predicted molar refractivity (Wildman–Crippen MR) is 140 cm³/mol. The molecule has 2 unspecified atom stereocenters. The Morgan fingerprint density at radius 1 is 1.03 bits per heavy atom. The van der Waals surface area contributed by atoms with Crippen LogP contribution in [0.2, 0.25) is 0 Å². The van der Waals surface area contributed by atoms with Crippen LogP contribution in [0.5, 0.6) is 0 Å². The van der Waals surface area contributed by atoms with Gasteiger partial charge in [0.2, 0.25) is 0 Å². The van der Waals surface area contributed by atoms with Crippen LogP contribution in [-0.4, -0.2) is 54.7 Å². The maximum Gasteiger partial charge on any atom is 0.106 e. The zero-order valence-electron chi connectivity index (χ0n) is 19.8. The number of likely N-dealkylation sites (tertiary alicyclic amines) is 1. The number of rotatable bonds is 4. The first kappa shape index (κ1) is 23.5. The Bertz CT molecular complexity index is 1120. The highest BCUT2D eigenvalue weighted by Gasteiger charge is 2.47. The van der Waals surface area contributed by atoms with E-state index in [1.165, 1.54) is 22.4 Å². The van der Waals surface area contributed by atoms with Crippen molar-refractivity contribution in [2.24, 2.45) is 0 Å². The summed E-state index contributed by atoms with van der Waals surface area (Å²) in [4.78, 5) is 9.60. The lowest BCUT2D eigenvalue weighted by Gasteiger charge is -2.40. The second-order valence-electron chi connectivity index (χ2n) is 9.95. The second-order valence-corrected chi connectivity index (χ2v) is 11.0. The minimum absolute atomic E-state index is 0.0733. The molecule has 3 aliphatic heterocycles. The average molecular weight is 512 g/mol. The Hall–Kier alpha value is -1.89. The van der Waals surface area contributed by atoms with E-state index in [0.29, 0.717) is 5.03 Å². The van der Waals surface area contributed by atoms with Gasteiger partial charge in [0.15, 0.2) is 0 Å². The van der Waals surface area contributed by atoms with Gasteiger partial charge in [0.25, 0.3) is 0 Å². The SMILES string of the molecule is ClC1=CC(Cl)CC(C2OC3(CCN(Cc4ccc(N5CCOCC5)cn4)CC3)c3ccccc32)=C1. The smallest absolute Gasteiger partial charge is 0.106 e. The molecule has 35 heavy (non-hydrogen) atoms. The summed E-state index contributed by atoms with van der Waals surface area (Å²) in [5, 5.41) is 0.619. The molecule has 0 saturated carbocycles. The number of benzene rings is 1. The number of halogens is 2. The van der Waals surface area contributed by atoms with E-state index in [1.807, 2.05) is 18.3 Å². The summed E-state index contributed by atoms with van der Waals surface area (Å²) < 4.78 is 12.4. The molecule has 1 spiro atoms. The number of ether oxygens (including phenoxy) is 2. The highest BCUT2D eigenvalue weighted by Crippen LogP contribution is 2.53. The first-order valence-electron chi connectivity index (χ1n) is 12.6. The van der Waals surface area contributed by atoms with Gasteiger partial charge in [0.1, 0.15) is 6.10 Å². The molecular formula is C28H31Cl2N3O2. The number of aromatic nitrogens is 1. The molecule has 4 heterocycles. The van der Waals surface area contributed by atoms with Crippen molar-refractivity contribution in [2.45, 2.75) is 42.9 Å². The third kappa shape index (κ3) is 4.77. The number of fused-ring (bicyclic) bond motifs is 2. The number of morpholine rings is 1. The van der Waals surface area contributed by atoms with Crippen LogP contribution in [0.1, 0.15) is 42.2 Å². The second kappa shape index (κ2) is 9.87. The summed E-state index contributed by atoms with van der Waals surface area (Å²) in [6.07, 6.45) is 8.59. The molecule has 1 aromatic carbocycles. The van der Waals surface area contributed by atoms with Crippen molar-refractivity contribution in [2.75, 3.05) is 44.3 Å². The van der Waals surface area contributed by atoms with Crippen molar-refractivity contribution < 1.29 is 9.47 Å². The third-order valence-corrected chi connectivity index (χ3v) is 8.26. The molecule has 0 amide bonds. The van der Waals surface area contributed by atoms with Gasteiger partial charge in [0.05, 0.1) is 41.8 Å². The van der Waals surface area contributed by atoms with E-state index in [0.717, 1.165) is 70.9 Å². The first-order chi connectivity index (χ1) is 17.1. The van der Waals surface area contributed by atoms with Gasteiger partial charge in [-0.05, 0) is 60.2 Å². The molecule has 1 aliphatic carbocycles. The average Bonchev–Trinajstić information content (AvgIpc) is 3.20. The highest BCUT2D eigenvalue weighted by molar-refractivity contribution is 6.32. The van der Waals surface area contributed by atoms with Gasteiger partial charge < -0.3 is 14.4 Å². The van der Waals surface area contributed by atoms with Crippen molar-refractivity contribution in [1.29, 1.82) is 0 Å². The summed E-state index contributed by atoms with van der Waals surface area (Å²) in [5.41, 5.74) is 5.82. The number of allylic oxidation sites excluding steroid dienone is 3. The molecule has 4 aliphatic rings. The number of hydrogen-bond donors (Lipinski definition) is 0. The van der Waals surface area contributed by atoms with Crippen LogP contribution in [0.3, 0.4) is 0 Å². The summed E-state index contributed by atoms with van der Waals surface area (Å²) in [7, 11) is 0. The minimum atomic E-state index is -0.248. The molecule has 7 heteroatoms. The number of piperidine rings is 1. The van der Waals surface area contributed by atoms with Crippen molar-refractivity contribution >= 4 is 28.9 Å². The largest absolute Gasteiger partial charge is 0.378 e. The topological polar surface area (TPSA) is 37.8 Å². The van der Waals surface area contributed by atoms with Gasteiger partial charge in [-0.15, -0.1) is 11.6 Å². The lowest BCUT2D eigenvalue weighted by Crippen LogP contribution is -2.42. The molecule has 2 saturated heterocycles. The molecule has 0 bridgehead atoms. The highest BCUT2D eigenvalue weighted by atomic mass is 35.5. The Morgan fingerprint density at radius 2 is 1.83 bits per heavy atom. The molecule has 6 rings (SSSR count). The Morgan fingerprint density at radius 3 is 2.57 bits per heavy atom. The zero-order chi connectivity index (χ0) is 23.8. The van der Waals surface area contributed by atoms with Crippen LogP contribution in [0.4, 0.5) is 5.69 Å². The maximum atomic E-state index is 6.91. The number of alkyl halides is 1. The Kier molecular flexibility index (Phi) is 6.63. The quantitative estimate of drug-likeness (QED) is 0.503. The van der Waals surface area contributed by atoms with Crippen molar-refractivity contribution in [3.05, 3.63) is 82.2 Å². The molecule has 2 fully saturated rings. The standard InChI is InChI=1S/C28H31Cl2N3O2/c29-21-15-20(16-22(30)17-21)27-25-3-1-2-4-26(25)28(35-27)7-9-32(10-8-28)19-23-5-6-24(18-31-23)33-11-13-34-14-12-33/h1-6,15,17-18,22,27H,7-14,16,19H2. The van der Waals surface area contributed by atoms with Crippen molar-refractivity contribution in [3.8, 4) is 0 Å². The van der Waals surface area contributed by atoms with Gasteiger partial charge in [-0.3, -0.25) is 9.88 Å². The monoisotopic (exact) mass is 511 g/mol. The van der Waals surface area contributed by atoms with Crippen LogP contribution in [0.25, 0.3) is 0 Å². The van der Waals surface area contributed by atoms with Gasteiger partial charge in [-0.1, -0.05) is 35.9 Å². The number of pyridine rings is 1. The van der Waals surface area contributed by atoms with Gasteiger partial charge in [-0.25, -0.2) is 0 Å². The lowest BCUT2D eigenvalue weighted by atomic mass is 9.83. The zero-order valence-corrected chi connectivity index (χ0v) is 21.3. The number of nitrogens with zero attached hydrogens (tertiary/aromatic N) is 3. The van der Waals surface area contributed by atoms with Crippen LogP contribution in [-0.2, 0) is 21.6 Å². The normalized spacial score (nSPS) is 26.4. The van der Waals surface area contributed by atoms with E-state index < -0.39 is 0 Å².